The van der Waals surface area contributed by atoms with E-state index in [-0.39, 0.29) is 12.5 Å². The van der Waals surface area contributed by atoms with Crippen LogP contribution in [0.4, 0.5) is 5.95 Å². The monoisotopic (exact) mass is 289 g/mol. The third kappa shape index (κ3) is 4.27. The molecule has 2 rings (SSSR count). The Morgan fingerprint density at radius 2 is 2.00 bits per heavy atom. The van der Waals surface area contributed by atoms with Crippen LogP contribution in [0, 0.1) is 13.8 Å². The molecule has 0 atom stereocenters. The van der Waals surface area contributed by atoms with Crippen LogP contribution >= 0.6 is 0 Å². The number of carbonyl (C=O) groups is 1. The van der Waals surface area contributed by atoms with Gasteiger partial charge in [0.2, 0.25) is 5.95 Å². The summed E-state index contributed by atoms with van der Waals surface area (Å²) in [7, 11) is 0. The molecule has 0 radical (unpaired) electrons. The quantitative estimate of drug-likeness (QED) is 0.875. The molecule has 7 nitrogen and oxygen atoms in total. The van der Waals surface area contributed by atoms with Crippen molar-refractivity contribution < 1.29 is 9.53 Å². The Morgan fingerprint density at radius 1 is 1.29 bits per heavy atom. The van der Waals surface area contributed by atoms with Gasteiger partial charge >= 0.3 is 0 Å². The Balaban J connectivity index is 1.91. The average Bonchev–Trinajstić information content (AvgIpc) is 2.83. The predicted molar refractivity (Wildman–Crippen MR) is 78.1 cm³/mol. The van der Waals surface area contributed by atoms with Gasteiger partial charge in [-0.15, -0.1) is 0 Å². The largest absolute Gasteiger partial charge is 0.484 e. The third-order valence-electron chi connectivity index (χ3n) is 2.78. The number of hydrogen-bond acceptors (Lipinski definition) is 5. The van der Waals surface area contributed by atoms with Crippen LogP contribution < -0.4 is 10.1 Å². The van der Waals surface area contributed by atoms with Gasteiger partial charge in [-0.2, -0.15) is 0 Å². The Bertz CT molecular complexity index is 603. The van der Waals surface area contributed by atoms with Crippen molar-refractivity contribution in [3.8, 4) is 5.75 Å². The second-order valence-corrected chi connectivity index (χ2v) is 4.89. The summed E-state index contributed by atoms with van der Waals surface area (Å²) in [6, 6.07) is 5.83. The number of amides is 1. The molecule has 0 aliphatic rings. The molecule has 7 heteroatoms. The molecule has 1 heterocycles. The van der Waals surface area contributed by atoms with E-state index in [2.05, 4.69) is 20.8 Å². The van der Waals surface area contributed by atoms with Crippen molar-refractivity contribution in [3.63, 3.8) is 0 Å². The summed E-state index contributed by atoms with van der Waals surface area (Å²) in [6.45, 7) is 6.55. The average molecular weight is 289 g/mol. The van der Waals surface area contributed by atoms with E-state index in [4.69, 9.17) is 4.74 Å². The summed E-state index contributed by atoms with van der Waals surface area (Å²) >= 11 is 0. The van der Waals surface area contributed by atoms with E-state index in [0.29, 0.717) is 18.2 Å². The number of nitrogens with zero attached hydrogens (tertiary/aromatic N) is 4. The summed E-state index contributed by atoms with van der Waals surface area (Å²) in [6.07, 6.45) is 0.882. The lowest BCUT2D eigenvalue weighted by Gasteiger charge is -2.08. The summed E-state index contributed by atoms with van der Waals surface area (Å²) in [4.78, 5) is 11.9. The fourth-order valence-corrected chi connectivity index (χ4v) is 1.98. The van der Waals surface area contributed by atoms with Gasteiger partial charge in [0.1, 0.15) is 5.75 Å². The predicted octanol–water partition coefficient (Wildman–Crippen LogP) is 1.72. The number of benzene rings is 1. The number of anilines is 1. The fourth-order valence-electron chi connectivity index (χ4n) is 1.98. The van der Waals surface area contributed by atoms with Gasteiger partial charge in [0, 0.05) is 6.54 Å². The zero-order chi connectivity index (χ0) is 15.2. The molecule has 2 aromatic rings. The van der Waals surface area contributed by atoms with Crippen molar-refractivity contribution in [2.75, 3.05) is 11.9 Å². The van der Waals surface area contributed by atoms with E-state index in [9.17, 15) is 4.79 Å². The molecule has 1 aromatic heterocycles. The molecule has 0 saturated heterocycles. The molecular weight excluding hydrogens is 270 g/mol. The Morgan fingerprint density at radius 3 is 2.67 bits per heavy atom. The number of aryl methyl sites for hydroxylation is 3. The van der Waals surface area contributed by atoms with Gasteiger partial charge in [-0.1, -0.05) is 18.1 Å². The minimum Gasteiger partial charge on any atom is -0.484 e. The molecule has 0 spiro atoms. The van der Waals surface area contributed by atoms with Gasteiger partial charge < -0.3 is 4.74 Å². The van der Waals surface area contributed by atoms with Crippen molar-refractivity contribution in [2.24, 2.45) is 0 Å². The van der Waals surface area contributed by atoms with Crippen LogP contribution in [0.25, 0.3) is 0 Å². The lowest BCUT2D eigenvalue weighted by atomic mass is 10.1. The van der Waals surface area contributed by atoms with Gasteiger partial charge in [-0.05, 0) is 54.0 Å². The van der Waals surface area contributed by atoms with E-state index >= 15 is 0 Å². The fraction of sp³-hybridized carbons (Fsp3) is 0.429. The molecule has 0 unspecified atom stereocenters. The van der Waals surface area contributed by atoms with Gasteiger partial charge in [-0.3, -0.25) is 10.1 Å². The Kier molecular flexibility index (Phi) is 4.86. The minimum absolute atomic E-state index is 0.0815. The number of tetrazole rings is 1. The van der Waals surface area contributed by atoms with Crippen LogP contribution in [0.1, 0.15) is 24.5 Å². The lowest BCUT2D eigenvalue weighted by molar-refractivity contribution is -0.118. The summed E-state index contributed by atoms with van der Waals surface area (Å²) in [5.41, 5.74) is 2.19. The van der Waals surface area contributed by atoms with Crippen molar-refractivity contribution in [3.05, 3.63) is 29.3 Å². The number of carbonyl (C=O) groups excluding carboxylic acids is 1. The van der Waals surface area contributed by atoms with Gasteiger partial charge in [-0.25, -0.2) is 4.68 Å². The van der Waals surface area contributed by atoms with Gasteiger partial charge in [0.05, 0.1) is 0 Å². The van der Waals surface area contributed by atoms with Crippen molar-refractivity contribution >= 4 is 11.9 Å². The number of rotatable bonds is 6. The zero-order valence-corrected chi connectivity index (χ0v) is 12.5. The van der Waals surface area contributed by atoms with Crippen LogP contribution in [0.3, 0.4) is 0 Å². The lowest BCUT2D eigenvalue weighted by Crippen LogP contribution is -2.22. The third-order valence-corrected chi connectivity index (χ3v) is 2.78. The molecule has 0 bridgehead atoms. The maximum absolute atomic E-state index is 11.9. The molecule has 112 valence electrons. The number of ether oxygens (including phenoxy) is 1. The topological polar surface area (TPSA) is 81.9 Å². The molecule has 1 amide bonds. The number of nitrogens with one attached hydrogen (secondary N) is 1. The van der Waals surface area contributed by atoms with E-state index < -0.39 is 0 Å². The molecule has 0 aliphatic heterocycles. The van der Waals surface area contributed by atoms with Crippen LogP contribution in [0.15, 0.2) is 18.2 Å². The van der Waals surface area contributed by atoms with E-state index in [1.165, 1.54) is 0 Å². The highest BCUT2D eigenvalue weighted by Gasteiger charge is 2.10. The van der Waals surface area contributed by atoms with E-state index in [1.54, 1.807) is 4.68 Å². The molecule has 0 saturated carbocycles. The Hall–Kier alpha value is -2.44. The van der Waals surface area contributed by atoms with Crippen LogP contribution in [0.5, 0.6) is 5.75 Å². The van der Waals surface area contributed by atoms with E-state index in [0.717, 1.165) is 17.5 Å². The van der Waals surface area contributed by atoms with Gasteiger partial charge in [0.15, 0.2) is 6.61 Å². The second-order valence-electron chi connectivity index (χ2n) is 4.89. The number of aromatic nitrogens is 4. The minimum atomic E-state index is -0.290. The van der Waals surface area contributed by atoms with E-state index in [1.807, 2.05) is 39.0 Å². The maximum Gasteiger partial charge on any atom is 0.264 e. The molecule has 21 heavy (non-hydrogen) atoms. The molecule has 0 fully saturated rings. The van der Waals surface area contributed by atoms with Crippen molar-refractivity contribution in [2.45, 2.75) is 33.7 Å². The SMILES string of the molecule is CCCn1nnnc1NC(=O)COc1cc(C)cc(C)c1. The van der Waals surface area contributed by atoms with Crippen LogP contribution in [-0.2, 0) is 11.3 Å². The first-order valence-corrected chi connectivity index (χ1v) is 6.85. The normalized spacial score (nSPS) is 10.4. The van der Waals surface area contributed by atoms with Crippen LogP contribution in [0.2, 0.25) is 0 Å². The first-order chi connectivity index (χ1) is 10.1. The second kappa shape index (κ2) is 6.83. The molecule has 1 aromatic carbocycles. The Labute approximate surface area is 123 Å². The van der Waals surface area contributed by atoms with Gasteiger partial charge in [0.25, 0.3) is 5.91 Å². The summed E-state index contributed by atoms with van der Waals surface area (Å²) < 4.78 is 7.04. The highest BCUT2D eigenvalue weighted by Crippen LogP contribution is 2.16. The molecular formula is C14H19N5O2. The van der Waals surface area contributed by atoms with Crippen molar-refractivity contribution in [1.29, 1.82) is 0 Å². The first-order valence-electron chi connectivity index (χ1n) is 6.85. The standard InChI is InChI=1S/C14H19N5O2/c1-4-5-19-14(16-17-18-19)15-13(20)9-21-12-7-10(2)6-11(3)8-12/h6-8H,4-5,9H2,1-3H3,(H,15,16,18,20). The smallest absolute Gasteiger partial charge is 0.264 e. The summed E-state index contributed by atoms with van der Waals surface area (Å²) in [5.74, 6) is 0.725. The van der Waals surface area contributed by atoms with Crippen LogP contribution in [-0.4, -0.2) is 32.7 Å². The van der Waals surface area contributed by atoms with Crippen molar-refractivity contribution in [1.82, 2.24) is 20.2 Å². The highest BCUT2D eigenvalue weighted by molar-refractivity contribution is 5.90. The molecule has 1 N–H and O–H groups in total. The maximum atomic E-state index is 11.9. The first kappa shape index (κ1) is 15.0. The number of hydrogen-bond donors (Lipinski definition) is 1. The zero-order valence-electron chi connectivity index (χ0n) is 12.5. The summed E-state index contributed by atoms with van der Waals surface area (Å²) in [5, 5.41) is 13.8. The molecule has 0 aliphatic carbocycles. The highest BCUT2D eigenvalue weighted by atomic mass is 16.5.